The molecule has 9 heteroatoms. The van der Waals surface area contributed by atoms with Gasteiger partial charge < -0.3 is 5.73 Å². The molecule has 0 aromatic heterocycles. The fourth-order valence-corrected chi connectivity index (χ4v) is 1.22. The Hall–Kier alpha value is -2.84. The maximum Gasteiger partial charge on any atom is 0.561 e. The molecule has 0 aliphatic carbocycles. The zero-order valence-corrected chi connectivity index (χ0v) is 8.27. The highest BCUT2D eigenvalue weighted by atomic mass is 16.9. The van der Waals surface area contributed by atoms with E-state index in [-0.39, 0.29) is 17.3 Å². The van der Waals surface area contributed by atoms with Gasteiger partial charge in [0.25, 0.3) is 11.6 Å². The molecule has 1 aliphatic rings. The van der Waals surface area contributed by atoms with Crippen LogP contribution in [0.1, 0.15) is 0 Å². The van der Waals surface area contributed by atoms with E-state index >= 15 is 0 Å². The molecule has 0 atom stereocenters. The van der Waals surface area contributed by atoms with Gasteiger partial charge in [0.15, 0.2) is 5.69 Å². The number of anilines is 1. The van der Waals surface area contributed by atoms with Crippen LogP contribution in [0, 0.1) is 10.1 Å². The minimum absolute atomic E-state index is 0.0181. The number of hydroxylamine groups is 1. The summed E-state index contributed by atoms with van der Waals surface area (Å²) in [5.74, 6) is -0.320. The van der Waals surface area contributed by atoms with Gasteiger partial charge in [-0.25, -0.2) is 0 Å². The molecule has 88 valence electrons. The molecular weight excluding hydrogens is 232 g/mol. The molecule has 0 saturated carbocycles. The first-order chi connectivity index (χ1) is 8.09. The average molecular weight is 238 g/mol. The van der Waals surface area contributed by atoms with Crippen LogP contribution in [0.15, 0.2) is 29.4 Å². The van der Waals surface area contributed by atoms with Crippen molar-refractivity contribution in [2.75, 3.05) is 5.06 Å². The lowest BCUT2D eigenvalue weighted by Gasteiger charge is -2.22. The van der Waals surface area contributed by atoms with Crippen LogP contribution >= 0.6 is 0 Å². The van der Waals surface area contributed by atoms with E-state index in [1.54, 1.807) is 0 Å². The third kappa shape index (κ3) is 1.93. The number of nitrogens with two attached hydrogens (primary N) is 1. The highest BCUT2D eigenvalue weighted by Crippen LogP contribution is 2.28. The Morgan fingerprint density at radius 3 is 2.82 bits per heavy atom. The first kappa shape index (κ1) is 10.7. The van der Waals surface area contributed by atoms with Crippen molar-refractivity contribution in [3.05, 3.63) is 34.4 Å². The lowest BCUT2D eigenvalue weighted by Crippen LogP contribution is -2.42. The summed E-state index contributed by atoms with van der Waals surface area (Å²) >= 11 is 0. The van der Waals surface area contributed by atoms with Gasteiger partial charge >= 0.3 is 6.16 Å². The Bertz CT molecular complexity index is 514. The molecule has 9 nitrogen and oxygen atoms in total. The first-order valence-electron chi connectivity index (χ1n) is 4.35. The van der Waals surface area contributed by atoms with Gasteiger partial charge in [0.2, 0.25) is 0 Å². The van der Waals surface area contributed by atoms with Gasteiger partial charge in [-0.3, -0.25) is 19.8 Å². The van der Waals surface area contributed by atoms with Crippen LogP contribution in [0.4, 0.5) is 16.2 Å². The maximum atomic E-state index is 10.9. The van der Waals surface area contributed by atoms with E-state index < -0.39 is 11.1 Å². The van der Waals surface area contributed by atoms with Gasteiger partial charge in [-0.15, -0.1) is 5.06 Å². The fraction of sp³-hybridized carbons (Fsp3) is 0. The topological polar surface area (TPSA) is 120 Å². The van der Waals surface area contributed by atoms with Gasteiger partial charge in [-0.05, 0) is 11.2 Å². The number of para-hydroxylation sites is 2. The molecule has 0 unspecified atom stereocenters. The highest BCUT2D eigenvalue weighted by Gasteiger charge is 2.29. The third-order valence-corrected chi connectivity index (χ3v) is 1.88. The van der Waals surface area contributed by atoms with Crippen molar-refractivity contribution in [1.82, 2.24) is 0 Å². The molecule has 0 amide bonds. The second-order valence-corrected chi connectivity index (χ2v) is 2.92. The Kier molecular flexibility index (Phi) is 2.49. The smallest absolute Gasteiger partial charge is 0.364 e. The van der Waals surface area contributed by atoms with Crippen LogP contribution in [0.25, 0.3) is 0 Å². The Morgan fingerprint density at radius 1 is 1.41 bits per heavy atom. The number of carbonyl (C=O) groups excluding carboxylic acids is 1. The van der Waals surface area contributed by atoms with Gasteiger partial charge in [-0.2, -0.15) is 4.79 Å². The molecular formula is C8H6N4O5. The van der Waals surface area contributed by atoms with Crippen molar-refractivity contribution >= 4 is 23.5 Å². The zero-order chi connectivity index (χ0) is 12.4. The van der Waals surface area contributed by atoms with Crippen LogP contribution in [-0.2, 0) is 9.68 Å². The second-order valence-electron chi connectivity index (χ2n) is 2.92. The largest absolute Gasteiger partial charge is 0.561 e. The number of carbonyl (C=O) groups is 1. The molecule has 1 aromatic rings. The van der Waals surface area contributed by atoms with Gasteiger partial charge in [0, 0.05) is 6.07 Å². The summed E-state index contributed by atoms with van der Waals surface area (Å²) in [6.45, 7) is 0. The molecule has 0 fully saturated rings. The minimum atomic E-state index is -1.13. The number of hydrogen-bond acceptors (Lipinski definition) is 8. The highest BCUT2D eigenvalue weighted by molar-refractivity contribution is 5.97. The summed E-state index contributed by atoms with van der Waals surface area (Å²) in [6, 6.07) is 5.60. The second kappa shape index (κ2) is 3.96. The summed E-state index contributed by atoms with van der Waals surface area (Å²) in [5, 5.41) is 14.7. The number of nitro groups is 1. The molecule has 1 heterocycles. The Labute approximate surface area is 94.1 Å². The zero-order valence-electron chi connectivity index (χ0n) is 8.27. The fourth-order valence-electron chi connectivity index (χ4n) is 1.22. The van der Waals surface area contributed by atoms with Crippen molar-refractivity contribution in [3.63, 3.8) is 0 Å². The van der Waals surface area contributed by atoms with Crippen LogP contribution in [0.2, 0.25) is 0 Å². The van der Waals surface area contributed by atoms with E-state index in [4.69, 9.17) is 5.73 Å². The minimum Gasteiger partial charge on any atom is -0.364 e. The predicted molar refractivity (Wildman–Crippen MR) is 54.8 cm³/mol. The van der Waals surface area contributed by atoms with E-state index in [9.17, 15) is 14.9 Å². The lowest BCUT2D eigenvalue weighted by molar-refractivity contribution is -0.384. The first-order valence-corrected chi connectivity index (χ1v) is 4.35. The van der Waals surface area contributed by atoms with Crippen molar-refractivity contribution in [2.45, 2.75) is 0 Å². The lowest BCUT2D eigenvalue weighted by atomic mass is 10.2. The summed E-state index contributed by atoms with van der Waals surface area (Å²) in [5.41, 5.74) is 5.10. The number of nitro benzene ring substituents is 1. The van der Waals surface area contributed by atoms with Gasteiger partial charge in [-0.1, -0.05) is 12.1 Å². The molecule has 1 aromatic carbocycles. The SMILES string of the molecule is NC1=NOC(=O)ON1c1ccccc1[N+](=O)[O-]. The summed E-state index contributed by atoms with van der Waals surface area (Å²) in [6.07, 6.45) is -1.13. The van der Waals surface area contributed by atoms with Crippen molar-refractivity contribution in [1.29, 1.82) is 0 Å². The standard InChI is InChI=1S/C8H6N4O5/c9-7-10-16-8(13)17-11(7)5-3-1-2-4-6(5)12(14)15/h1-4H,(H2,9,10). The van der Waals surface area contributed by atoms with Crippen molar-refractivity contribution in [2.24, 2.45) is 10.9 Å². The number of guanidine groups is 1. The maximum absolute atomic E-state index is 10.9. The van der Waals surface area contributed by atoms with E-state index in [0.717, 1.165) is 5.06 Å². The van der Waals surface area contributed by atoms with Crippen molar-refractivity contribution in [3.8, 4) is 0 Å². The molecule has 2 N–H and O–H groups in total. The predicted octanol–water partition coefficient (Wildman–Crippen LogP) is 0.713. The number of hydrogen-bond donors (Lipinski definition) is 1. The van der Waals surface area contributed by atoms with Gasteiger partial charge in [0.05, 0.1) is 4.92 Å². The molecule has 1 aliphatic heterocycles. The van der Waals surface area contributed by atoms with Crippen LogP contribution in [0.5, 0.6) is 0 Å². The normalized spacial score (nSPS) is 14.7. The van der Waals surface area contributed by atoms with Gasteiger partial charge in [0.1, 0.15) is 0 Å². The molecule has 0 bridgehead atoms. The Morgan fingerprint density at radius 2 is 2.12 bits per heavy atom. The Balaban J connectivity index is 2.46. The number of benzene rings is 1. The molecule has 0 spiro atoms. The average Bonchev–Trinajstić information content (AvgIpc) is 2.32. The van der Waals surface area contributed by atoms with Crippen LogP contribution in [0.3, 0.4) is 0 Å². The number of nitrogens with zero attached hydrogens (tertiary/aromatic N) is 3. The molecule has 17 heavy (non-hydrogen) atoms. The summed E-state index contributed by atoms with van der Waals surface area (Å²) < 4.78 is 0. The number of oxime groups is 1. The van der Waals surface area contributed by atoms with Crippen LogP contribution < -0.4 is 10.8 Å². The molecule has 0 saturated heterocycles. The summed E-state index contributed by atoms with van der Waals surface area (Å²) in [4.78, 5) is 29.7. The van der Waals surface area contributed by atoms with E-state index in [0.29, 0.717) is 0 Å². The molecule has 0 radical (unpaired) electrons. The van der Waals surface area contributed by atoms with E-state index in [1.807, 2.05) is 0 Å². The van der Waals surface area contributed by atoms with Crippen LogP contribution in [-0.4, -0.2) is 17.0 Å². The van der Waals surface area contributed by atoms with E-state index in [1.165, 1.54) is 24.3 Å². The number of rotatable bonds is 2. The van der Waals surface area contributed by atoms with Crippen molar-refractivity contribution < 1.29 is 19.4 Å². The quantitative estimate of drug-likeness (QED) is 0.457. The van der Waals surface area contributed by atoms with E-state index in [2.05, 4.69) is 14.8 Å². The third-order valence-electron chi connectivity index (χ3n) is 1.88. The molecule has 2 rings (SSSR count). The monoisotopic (exact) mass is 238 g/mol. The summed E-state index contributed by atoms with van der Waals surface area (Å²) in [7, 11) is 0.